The van der Waals surface area contributed by atoms with Gasteiger partial charge in [0, 0.05) is 6.54 Å². The van der Waals surface area contributed by atoms with Gasteiger partial charge in [0.2, 0.25) is 5.82 Å². The van der Waals surface area contributed by atoms with E-state index in [1.807, 2.05) is 12.1 Å². The van der Waals surface area contributed by atoms with E-state index in [1.54, 1.807) is 10.9 Å². The minimum absolute atomic E-state index is 0.664. The molecule has 0 amide bonds. The maximum absolute atomic E-state index is 5.42. The number of hydrogen-bond acceptors (Lipinski definition) is 5. The summed E-state index contributed by atoms with van der Waals surface area (Å²) in [5.41, 5.74) is 5.42. The monoisotopic (exact) mass is 207 g/mol. The molecule has 0 fully saturated rings. The van der Waals surface area contributed by atoms with E-state index in [0.717, 1.165) is 19.4 Å². The highest BCUT2D eigenvalue weighted by atomic mass is 16.3. The molecular formula is C9H13N5O. The highest BCUT2D eigenvalue weighted by molar-refractivity contribution is 5.44. The van der Waals surface area contributed by atoms with Gasteiger partial charge in [0.1, 0.15) is 0 Å². The Kier molecular flexibility index (Phi) is 3.08. The van der Waals surface area contributed by atoms with Crippen molar-refractivity contribution in [2.75, 3.05) is 6.54 Å². The summed E-state index contributed by atoms with van der Waals surface area (Å²) < 4.78 is 6.97. The molecule has 0 saturated heterocycles. The molecule has 2 aromatic rings. The van der Waals surface area contributed by atoms with Crippen LogP contribution >= 0.6 is 0 Å². The van der Waals surface area contributed by atoms with Gasteiger partial charge < -0.3 is 10.2 Å². The summed E-state index contributed by atoms with van der Waals surface area (Å²) in [5, 5.41) is 11.4. The Morgan fingerprint density at radius 1 is 1.40 bits per heavy atom. The third-order valence-corrected chi connectivity index (χ3v) is 2.10. The van der Waals surface area contributed by atoms with E-state index in [-0.39, 0.29) is 0 Å². The zero-order valence-corrected chi connectivity index (χ0v) is 8.33. The molecule has 2 rings (SSSR count). The van der Waals surface area contributed by atoms with Gasteiger partial charge in [-0.25, -0.2) is 4.68 Å². The number of aromatic nitrogens is 4. The van der Waals surface area contributed by atoms with Crippen molar-refractivity contribution < 1.29 is 4.42 Å². The van der Waals surface area contributed by atoms with Crippen LogP contribution in [0.15, 0.2) is 22.8 Å². The molecule has 0 saturated carbocycles. The molecule has 0 aliphatic carbocycles. The van der Waals surface area contributed by atoms with Crippen LogP contribution in [-0.2, 0) is 6.54 Å². The first-order valence-corrected chi connectivity index (χ1v) is 4.92. The summed E-state index contributed by atoms with van der Waals surface area (Å²) >= 11 is 0. The van der Waals surface area contributed by atoms with E-state index in [9.17, 15) is 0 Å². The van der Waals surface area contributed by atoms with Crippen LogP contribution in [0.2, 0.25) is 0 Å². The third-order valence-electron chi connectivity index (χ3n) is 2.10. The first-order valence-electron chi connectivity index (χ1n) is 4.92. The maximum Gasteiger partial charge on any atom is 0.217 e. The lowest BCUT2D eigenvalue weighted by molar-refractivity contribution is 0.529. The van der Waals surface area contributed by atoms with Gasteiger partial charge in [0.25, 0.3) is 0 Å². The molecule has 0 aliphatic heterocycles. The SMILES string of the molecule is NCCCCn1nnnc1-c1ccco1. The largest absolute Gasteiger partial charge is 0.461 e. The fraction of sp³-hybridized carbons (Fsp3) is 0.444. The normalized spacial score (nSPS) is 10.7. The lowest BCUT2D eigenvalue weighted by Crippen LogP contribution is -2.05. The molecule has 2 aromatic heterocycles. The fourth-order valence-electron chi connectivity index (χ4n) is 1.34. The lowest BCUT2D eigenvalue weighted by Gasteiger charge is -2.01. The van der Waals surface area contributed by atoms with Gasteiger partial charge in [0.05, 0.1) is 6.26 Å². The topological polar surface area (TPSA) is 82.8 Å². The number of nitrogens with zero attached hydrogens (tertiary/aromatic N) is 4. The fourth-order valence-corrected chi connectivity index (χ4v) is 1.34. The Morgan fingerprint density at radius 2 is 2.33 bits per heavy atom. The molecule has 0 bridgehead atoms. The first kappa shape index (κ1) is 9.85. The number of hydrogen-bond donors (Lipinski definition) is 1. The lowest BCUT2D eigenvalue weighted by atomic mass is 10.3. The van der Waals surface area contributed by atoms with Gasteiger partial charge in [-0.05, 0) is 41.9 Å². The second-order valence-corrected chi connectivity index (χ2v) is 3.20. The van der Waals surface area contributed by atoms with Crippen LogP contribution in [0.5, 0.6) is 0 Å². The van der Waals surface area contributed by atoms with E-state index in [0.29, 0.717) is 18.1 Å². The van der Waals surface area contributed by atoms with Crippen LogP contribution in [0, 0.1) is 0 Å². The number of unbranched alkanes of at least 4 members (excludes halogenated alkanes) is 1. The van der Waals surface area contributed by atoms with Crippen molar-refractivity contribution >= 4 is 0 Å². The molecule has 6 nitrogen and oxygen atoms in total. The predicted molar refractivity (Wildman–Crippen MR) is 53.8 cm³/mol. The van der Waals surface area contributed by atoms with Crippen molar-refractivity contribution in [1.82, 2.24) is 20.2 Å². The Hall–Kier alpha value is -1.69. The smallest absolute Gasteiger partial charge is 0.217 e. The average molecular weight is 207 g/mol. The van der Waals surface area contributed by atoms with Crippen molar-refractivity contribution in [2.24, 2.45) is 5.73 Å². The molecule has 0 unspecified atom stereocenters. The number of tetrazole rings is 1. The predicted octanol–water partition coefficient (Wildman–Crippen LogP) is 0.672. The quantitative estimate of drug-likeness (QED) is 0.728. The highest BCUT2D eigenvalue weighted by Crippen LogP contribution is 2.15. The summed E-state index contributed by atoms with van der Waals surface area (Å²) in [7, 11) is 0. The summed E-state index contributed by atoms with van der Waals surface area (Å²) in [5.74, 6) is 1.35. The second-order valence-electron chi connectivity index (χ2n) is 3.20. The van der Waals surface area contributed by atoms with E-state index < -0.39 is 0 Å². The highest BCUT2D eigenvalue weighted by Gasteiger charge is 2.10. The third kappa shape index (κ3) is 2.21. The molecule has 15 heavy (non-hydrogen) atoms. The zero-order chi connectivity index (χ0) is 10.5. The Bertz CT molecular complexity index is 394. The minimum atomic E-state index is 0.664. The average Bonchev–Trinajstić information content (AvgIpc) is 2.87. The number of aryl methyl sites for hydroxylation is 1. The van der Waals surface area contributed by atoms with Crippen LogP contribution < -0.4 is 5.73 Å². The van der Waals surface area contributed by atoms with Crippen LogP contribution in [-0.4, -0.2) is 26.8 Å². The van der Waals surface area contributed by atoms with Gasteiger partial charge in [-0.2, -0.15) is 0 Å². The number of furan rings is 1. The van der Waals surface area contributed by atoms with Crippen LogP contribution in [0.3, 0.4) is 0 Å². The number of nitrogens with two attached hydrogens (primary N) is 1. The molecule has 2 N–H and O–H groups in total. The summed E-state index contributed by atoms with van der Waals surface area (Å²) in [6.45, 7) is 1.46. The minimum Gasteiger partial charge on any atom is -0.461 e. The molecule has 80 valence electrons. The summed E-state index contributed by atoms with van der Waals surface area (Å²) in [4.78, 5) is 0. The van der Waals surface area contributed by atoms with Gasteiger partial charge in [0.15, 0.2) is 5.76 Å². The second kappa shape index (κ2) is 4.70. The van der Waals surface area contributed by atoms with Crippen molar-refractivity contribution in [1.29, 1.82) is 0 Å². The van der Waals surface area contributed by atoms with E-state index in [1.165, 1.54) is 0 Å². The molecule has 0 atom stereocenters. The van der Waals surface area contributed by atoms with Crippen molar-refractivity contribution in [3.63, 3.8) is 0 Å². The molecule has 0 aromatic carbocycles. The van der Waals surface area contributed by atoms with E-state index in [4.69, 9.17) is 10.2 Å². The first-order chi connectivity index (χ1) is 7.42. The van der Waals surface area contributed by atoms with Gasteiger partial charge >= 0.3 is 0 Å². The molecule has 0 radical (unpaired) electrons. The van der Waals surface area contributed by atoms with Crippen LogP contribution in [0.1, 0.15) is 12.8 Å². The number of rotatable bonds is 5. The molecule has 0 spiro atoms. The van der Waals surface area contributed by atoms with Crippen LogP contribution in [0.25, 0.3) is 11.6 Å². The standard InChI is InChI=1S/C9H13N5O/c10-5-1-2-6-14-9(11-12-13-14)8-4-3-7-15-8/h3-4,7H,1-2,5-6,10H2. The molecular weight excluding hydrogens is 194 g/mol. The molecule has 0 aliphatic rings. The van der Waals surface area contributed by atoms with Crippen molar-refractivity contribution in [3.8, 4) is 11.6 Å². The Morgan fingerprint density at radius 3 is 3.07 bits per heavy atom. The maximum atomic E-state index is 5.42. The van der Waals surface area contributed by atoms with Gasteiger partial charge in [-0.1, -0.05) is 0 Å². The van der Waals surface area contributed by atoms with E-state index in [2.05, 4.69) is 15.5 Å². The molecule has 2 heterocycles. The Balaban J connectivity index is 2.09. The van der Waals surface area contributed by atoms with Crippen molar-refractivity contribution in [3.05, 3.63) is 18.4 Å². The Labute approximate surface area is 87.1 Å². The zero-order valence-electron chi connectivity index (χ0n) is 8.33. The summed E-state index contributed by atoms with van der Waals surface area (Å²) in [6, 6.07) is 3.65. The van der Waals surface area contributed by atoms with E-state index >= 15 is 0 Å². The summed E-state index contributed by atoms with van der Waals surface area (Å²) in [6.07, 6.45) is 3.54. The van der Waals surface area contributed by atoms with Gasteiger partial charge in [-0.3, -0.25) is 0 Å². The molecule has 6 heteroatoms. The van der Waals surface area contributed by atoms with Crippen molar-refractivity contribution in [2.45, 2.75) is 19.4 Å². The van der Waals surface area contributed by atoms with Gasteiger partial charge in [-0.15, -0.1) is 5.10 Å². The van der Waals surface area contributed by atoms with Crippen LogP contribution in [0.4, 0.5) is 0 Å².